The quantitative estimate of drug-likeness (QED) is 0.0417. The second-order valence-electron chi connectivity index (χ2n) is 23.9. The van der Waals surface area contributed by atoms with Crippen LogP contribution in [0.4, 0.5) is 14.5 Å². The van der Waals surface area contributed by atoms with Gasteiger partial charge in [0.05, 0.1) is 10.4 Å². The van der Waals surface area contributed by atoms with E-state index >= 15 is 0 Å². The Hall–Kier alpha value is -7.02. The van der Waals surface area contributed by atoms with Crippen molar-refractivity contribution >= 4 is 88.9 Å². The number of benzene rings is 3. The van der Waals surface area contributed by atoms with Crippen LogP contribution in [0.15, 0.2) is 66.7 Å². The van der Waals surface area contributed by atoms with E-state index in [-0.39, 0.29) is 90.9 Å². The van der Waals surface area contributed by atoms with E-state index in [1.807, 2.05) is 42.2 Å². The Kier molecular flexibility index (Phi) is 19.9. The van der Waals surface area contributed by atoms with Crippen molar-refractivity contribution in [2.75, 3.05) is 44.6 Å². The van der Waals surface area contributed by atoms with Gasteiger partial charge in [0.15, 0.2) is 0 Å². The largest absolute Gasteiger partial charge is 0.389 e. The highest BCUT2D eigenvalue weighted by Crippen LogP contribution is 2.43. The van der Waals surface area contributed by atoms with E-state index in [1.165, 1.54) is 21.9 Å². The summed E-state index contributed by atoms with van der Waals surface area (Å²) in [7, 11) is -3.38. The molecule has 3 aromatic carbocycles. The maximum absolute atomic E-state index is 14.8. The van der Waals surface area contributed by atoms with E-state index in [9.17, 15) is 51.9 Å². The highest BCUT2D eigenvalue weighted by atomic mass is 32.1. The van der Waals surface area contributed by atoms with E-state index in [1.54, 1.807) is 17.0 Å². The maximum Gasteiger partial charge on any atom is 0.389 e. The van der Waals surface area contributed by atoms with Gasteiger partial charge in [0.25, 0.3) is 11.8 Å². The number of nitrogens with two attached hydrogens (primary N) is 1. The lowest BCUT2D eigenvalue weighted by Gasteiger charge is -2.38. The lowest BCUT2D eigenvalue weighted by molar-refractivity contribution is -0.189. The Balaban J connectivity index is 0.862. The van der Waals surface area contributed by atoms with Crippen molar-refractivity contribution in [1.29, 1.82) is 0 Å². The average molecular weight is 1230 g/mol. The number of thiophene rings is 1. The molecule has 462 valence electrons. The molecule has 9 rings (SSSR count). The summed E-state index contributed by atoms with van der Waals surface area (Å²) in [6.45, 7) is 11.0. The second-order valence-corrected chi connectivity index (χ2v) is 25.7. The van der Waals surface area contributed by atoms with Gasteiger partial charge in [0.1, 0.15) is 30.2 Å². The first-order valence-corrected chi connectivity index (χ1v) is 31.3. The zero-order valence-corrected chi connectivity index (χ0v) is 50.3. The van der Waals surface area contributed by atoms with Crippen molar-refractivity contribution in [3.05, 3.63) is 99.4 Å². The summed E-state index contributed by atoms with van der Waals surface area (Å²) < 4.78 is 33.7. The first kappa shape index (κ1) is 63.5. The Labute approximate surface area is 502 Å². The van der Waals surface area contributed by atoms with Gasteiger partial charge in [-0.3, -0.25) is 48.5 Å². The number of carbonyl (C=O) groups excluding carboxylic acids is 9. The molecule has 6 heterocycles. The van der Waals surface area contributed by atoms with E-state index in [0.717, 1.165) is 52.3 Å². The van der Waals surface area contributed by atoms with E-state index in [4.69, 9.17) is 15.5 Å². The summed E-state index contributed by atoms with van der Waals surface area (Å²) in [6.07, 6.45) is -0.738. The van der Waals surface area contributed by atoms with Crippen molar-refractivity contribution < 1.29 is 66.2 Å². The Morgan fingerprint density at radius 2 is 1.62 bits per heavy atom. The molecule has 9 amide bonds. The number of hydrogen-bond acceptors (Lipinski definition) is 15. The van der Waals surface area contributed by atoms with Gasteiger partial charge in [-0.15, -0.1) is 11.3 Å². The summed E-state index contributed by atoms with van der Waals surface area (Å²) in [6, 6.07) is 12.2. The fraction of sp³-hybridized carbons (Fsp3) is 0.517. The number of likely N-dealkylation sites (N-methyl/N-ethyl adjacent to an activating group) is 1. The molecule has 22 nitrogen and oxygen atoms in total. The highest BCUT2D eigenvalue weighted by molar-refractivity contribution is 7.39. The number of piperidine rings is 2. The van der Waals surface area contributed by atoms with Crippen LogP contribution in [0, 0.1) is 5.92 Å². The fourth-order valence-corrected chi connectivity index (χ4v) is 13.6. The van der Waals surface area contributed by atoms with Gasteiger partial charge in [-0.25, -0.2) is 4.52 Å². The monoisotopic (exact) mass is 1230 g/mol. The minimum absolute atomic E-state index is 0.0886. The first-order valence-electron chi connectivity index (χ1n) is 29.3. The van der Waals surface area contributed by atoms with Crippen LogP contribution in [-0.2, 0) is 62.6 Å². The van der Waals surface area contributed by atoms with Crippen LogP contribution in [0.2, 0.25) is 0 Å². The predicted octanol–water partition coefficient (Wildman–Crippen LogP) is 4.64. The molecule has 4 saturated heterocycles. The number of rotatable bonds is 21. The van der Waals surface area contributed by atoms with Crippen molar-refractivity contribution in [2.24, 2.45) is 11.7 Å². The molecule has 1 unspecified atom stereocenters. The Morgan fingerprint density at radius 3 is 2.30 bits per heavy atom. The molecule has 1 aromatic heterocycles. The summed E-state index contributed by atoms with van der Waals surface area (Å²) in [4.78, 5) is 148. The minimum atomic E-state index is -4.03. The number of carbonyl (C=O) groups is 9. The topological polar surface area (TPSA) is 302 Å². The lowest BCUT2D eigenvalue weighted by atomic mass is 9.86. The van der Waals surface area contributed by atoms with Crippen LogP contribution in [0.3, 0.4) is 0 Å². The van der Waals surface area contributed by atoms with Gasteiger partial charge in [-0.1, -0.05) is 58.0 Å². The van der Waals surface area contributed by atoms with Crippen molar-refractivity contribution in [3.8, 4) is 0 Å². The molecule has 5 aliphatic heterocycles. The number of hydrogen-bond donors (Lipinski definition) is 8. The third-order valence-electron chi connectivity index (χ3n) is 17.2. The van der Waals surface area contributed by atoms with E-state index < -0.39 is 92.0 Å². The Bertz CT molecular complexity index is 3240. The number of imide groups is 1. The van der Waals surface area contributed by atoms with Gasteiger partial charge in [-0.2, -0.15) is 8.78 Å². The van der Waals surface area contributed by atoms with Gasteiger partial charge < -0.3 is 56.4 Å². The molecule has 0 bridgehead atoms. The number of anilines is 1. The summed E-state index contributed by atoms with van der Waals surface area (Å²) >= 11 is 0.995. The molecule has 6 atom stereocenters. The number of nitrogens with zero attached hydrogens (tertiary/aromatic N) is 4. The normalized spacial score (nSPS) is 21.3. The fourth-order valence-electron chi connectivity index (χ4n) is 12.3. The van der Waals surface area contributed by atoms with Crippen molar-refractivity contribution in [3.63, 3.8) is 0 Å². The number of likely N-dealkylation sites (tertiary alicyclic amines) is 1. The number of fused-ring (bicyclic) bond motifs is 3. The second kappa shape index (κ2) is 26.9. The zero-order chi connectivity index (χ0) is 61.8. The van der Waals surface area contributed by atoms with Gasteiger partial charge in [0.2, 0.25) is 41.4 Å². The SMILES string of the molecule is CCN1CC[C@H]2CC[C@@H](C(=O)N[C@@H](CCC(N)=O)C(=O)N[C@@H](Cc3ccc(C(C)(C)C)cc3)C(=O)N3CCC(CCNc4cccc5c4CN(C4CCC(=O)NC4=O)C5=O)CC3)N2C(=O)[C@@H](NC(=O)c2cc3cc(C(F)(F)OP(O)O)ccc3s2)C1. The van der Waals surface area contributed by atoms with Crippen LogP contribution in [-0.4, -0.2) is 158 Å². The molecule has 5 aliphatic rings. The lowest BCUT2D eigenvalue weighted by Crippen LogP contribution is -2.62. The summed E-state index contributed by atoms with van der Waals surface area (Å²) in [5.41, 5.74) is 8.73. The Morgan fingerprint density at radius 1 is 0.884 bits per heavy atom. The van der Waals surface area contributed by atoms with Crippen LogP contribution < -0.4 is 32.3 Å². The van der Waals surface area contributed by atoms with E-state index in [0.29, 0.717) is 68.7 Å². The number of primary amides is 1. The number of halogens is 2. The van der Waals surface area contributed by atoms with Crippen LogP contribution in [0.1, 0.15) is 134 Å². The third-order valence-corrected chi connectivity index (χ3v) is 18.7. The third kappa shape index (κ3) is 14.9. The molecule has 0 spiro atoms. The van der Waals surface area contributed by atoms with Gasteiger partial charge >= 0.3 is 14.7 Å². The number of amides is 9. The molecule has 0 radical (unpaired) electrons. The molecule has 26 heteroatoms. The smallest absolute Gasteiger partial charge is 0.385 e. The van der Waals surface area contributed by atoms with Gasteiger partial charge in [0, 0.05) is 86.1 Å². The predicted molar refractivity (Wildman–Crippen MR) is 316 cm³/mol. The molecule has 0 saturated carbocycles. The molecule has 4 fully saturated rings. The zero-order valence-electron chi connectivity index (χ0n) is 48.6. The first-order chi connectivity index (χ1) is 40.9. The van der Waals surface area contributed by atoms with Crippen molar-refractivity contribution in [2.45, 2.75) is 153 Å². The van der Waals surface area contributed by atoms with Crippen molar-refractivity contribution in [1.82, 2.24) is 40.9 Å². The van der Waals surface area contributed by atoms with Gasteiger partial charge in [-0.05, 0) is 122 Å². The maximum atomic E-state index is 14.8. The summed E-state index contributed by atoms with van der Waals surface area (Å²) in [5, 5.41) is 14.7. The molecular weight excluding hydrogens is 1150 g/mol. The molecule has 86 heavy (non-hydrogen) atoms. The number of alkyl halides is 2. The number of nitrogens with one attached hydrogen (secondary N) is 5. The molecule has 0 aliphatic carbocycles. The molecular formula is C60H75F2N10O12PS. The highest BCUT2D eigenvalue weighted by Gasteiger charge is 2.47. The molecule has 4 aromatic rings. The van der Waals surface area contributed by atoms with Crippen LogP contribution in [0.25, 0.3) is 10.1 Å². The van der Waals surface area contributed by atoms with E-state index in [2.05, 4.69) is 51.9 Å². The summed E-state index contributed by atoms with van der Waals surface area (Å²) in [5.74, 6) is -4.51. The minimum Gasteiger partial charge on any atom is -0.385 e. The van der Waals surface area contributed by atoms with Crippen LogP contribution in [0.5, 0.6) is 0 Å². The standard InChI is InChI=1S/C60H75F2N10O12PS/c1-5-69-26-24-39-14-16-47(72(39)58(81)45(33-69)67-55(78)49-31-36-30-38(13-18-48(36)86-49)60(61,62)84-85(82)83)54(77)65-43(15-19-50(63)73)52(75)66-44(29-35-9-11-37(12-10-35)59(2,3)4)57(80)70-27-22-34(23-28-70)21-25-64-42-8-6-7-40-41(42)32-71(56(40)79)46-17-20-51(74)68-53(46)76/h6-13,18,30-31,34,39,43-47,64,82-83H,5,14-17,19-29,32-33H2,1-4H3,(H2,63,73)(H,65,77)(H,66,75)(H,67,78)(H,68,74,76)/t39-,43+,44+,45+,46?,47+/m1/s1. The average Bonchev–Trinajstić information content (AvgIpc) is 2.18. The molecule has 9 N–H and O–H groups in total. The van der Waals surface area contributed by atoms with Crippen LogP contribution >= 0.6 is 19.9 Å².